The van der Waals surface area contributed by atoms with Crippen molar-refractivity contribution in [2.75, 3.05) is 0 Å². The summed E-state index contributed by atoms with van der Waals surface area (Å²) in [6.45, 7) is 0. The molecule has 0 aromatic heterocycles. The smallest absolute Gasteiger partial charge is 0.442 e. The van der Waals surface area contributed by atoms with Crippen LogP contribution in [0.4, 0.5) is 26.3 Å². The molecule has 16 heavy (non-hydrogen) atoms. The van der Waals surface area contributed by atoms with Crippen molar-refractivity contribution in [3.8, 4) is 5.75 Å². The first-order valence-electron chi connectivity index (χ1n) is 4.12. The lowest BCUT2D eigenvalue weighted by Crippen LogP contribution is -2.62. The molecule has 88 valence electrons. The van der Waals surface area contributed by atoms with Crippen LogP contribution >= 0.6 is 0 Å². The van der Waals surface area contributed by atoms with E-state index in [1.165, 1.54) is 6.07 Å². The minimum Gasteiger partial charge on any atom is -0.464 e. The second-order valence-electron chi connectivity index (χ2n) is 3.27. The minimum absolute atomic E-state index is 0.392. The maximum Gasteiger partial charge on any atom is 0.442 e. The first kappa shape index (κ1) is 11.1. The van der Waals surface area contributed by atoms with Crippen molar-refractivity contribution in [1.29, 1.82) is 0 Å². The van der Waals surface area contributed by atoms with Gasteiger partial charge in [0, 0.05) is 0 Å². The highest BCUT2D eigenvalue weighted by molar-refractivity contribution is 5.48. The molecule has 0 amide bonds. The Morgan fingerprint density at radius 2 is 1.38 bits per heavy atom. The maximum atomic E-state index is 12.5. The van der Waals surface area contributed by atoms with Gasteiger partial charge in [-0.2, -0.15) is 26.3 Å². The highest BCUT2D eigenvalue weighted by Gasteiger charge is 2.79. The van der Waals surface area contributed by atoms with Crippen LogP contribution in [0.2, 0.25) is 0 Å². The number of alkyl halides is 6. The van der Waals surface area contributed by atoms with E-state index >= 15 is 0 Å². The van der Waals surface area contributed by atoms with E-state index in [1.807, 2.05) is 0 Å². The van der Waals surface area contributed by atoms with E-state index in [0.717, 1.165) is 18.2 Å². The van der Waals surface area contributed by atoms with Gasteiger partial charge in [0.15, 0.2) is 0 Å². The lowest BCUT2D eigenvalue weighted by atomic mass is 9.86. The Hall–Kier alpha value is -1.40. The number of halogens is 6. The van der Waals surface area contributed by atoms with Gasteiger partial charge in [-0.25, -0.2) is 0 Å². The summed E-state index contributed by atoms with van der Waals surface area (Å²) < 4.78 is 78.9. The van der Waals surface area contributed by atoms with Crippen molar-refractivity contribution in [2.45, 2.75) is 18.0 Å². The largest absolute Gasteiger partial charge is 0.464 e. The molecule has 0 aliphatic carbocycles. The Morgan fingerprint density at radius 1 is 0.875 bits per heavy atom. The molecular weight excluding hydrogens is 238 g/mol. The SMILES string of the molecule is FC(F)(F)C1(C(F)(F)F)Oc2ccccc21. The number of hydrogen-bond acceptors (Lipinski definition) is 1. The van der Waals surface area contributed by atoms with E-state index in [4.69, 9.17) is 0 Å². The molecule has 1 aliphatic heterocycles. The molecule has 7 heteroatoms. The molecule has 1 aromatic rings. The van der Waals surface area contributed by atoms with Crippen molar-refractivity contribution in [2.24, 2.45) is 0 Å². The van der Waals surface area contributed by atoms with E-state index < -0.39 is 29.3 Å². The van der Waals surface area contributed by atoms with E-state index in [2.05, 4.69) is 4.74 Å². The normalized spacial score (nSPS) is 18.4. The predicted octanol–water partition coefficient (Wildman–Crippen LogP) is 3.40. The first-order chi connectivity index (χ1) is 7.20. The van der Waals surface area contributed by atoms with Crippen LogP contribution < -0.4 is 4.74 Å². The van der Waals surface area contributed by atoms with E-state index in [0.29, 0.717) is 0 Å². The van der Waals surface area contributed by atoms with Gasteiger partial charge in [-0.1, -0.05) is 18.2 Å². The van der Waals surface area contributed by atoms with Gasteiger partial charge in [0.05, 0.1) is 5.56 Å². The average molecular weight is 242 g/mol. The van der Waals surface area contributed by atoms with Crippen LogP contribution in [0.25, 0.3) is 0 Å². The Labute approximate surface area is 85.6 Å². The van der Waals surface area contributed by atoms with Crippen LogP contribution in [0.15, 0.2) is 24.3 Å². The van der Waals surface area contributed by atoms with E-state index in [9.17, 15) is 26.3 Å². The highest BCUT2D eigenvalue weighted by atomic mass is 19.4. The average Bonchev–Trinajstić information content (AvgIpc) is 2.02. The fourth-order valence-corrected chi connectivity index (χ4v) is 1.60. The summed E-state index contributed by atoms with van der Waals surface area (Å²) in [6, 6.07) is 4.23. The third-order valence-electron chi connectivity index (χ3n) is 2.33. The van der Waals surface area contributed by atoms with Gasteiger partial charge < -0.3 is 4.74 Å². The zero-order valence-electron chi connectivity index (χ0n) is 7.49. The molecule has 0 bridgehead atoms. The Kier molecular flexibility index (Phi) is 1.97. The Balaban J connectivity index is 2.60. The molecule has 2 rings (SSSR count). The third kappa shape index (κ3) is 1.14. The third-order valence-corrected chi connectivity index (χ3v) is 2.33. The molecule has 0 radical (unpaired) electrons. The summed E-state index contributed by atoms with van der Waals surface area (Å²) in [5.41, 5.74) is -5.06. The molecule has 0 saturated carbocycles. The summed E-state index contributed by atoms with van der Waals surface area (Å²) in [7, 11) is 0. The van der Waals surface area contributed by atoms with Gasteiger partial charge in [0.2, 0.25) is 0 Å². The van der Waals surface area contributed by atoms with Crippen molar-refractivity contribution >= 4 is 0 Å². The van der Waals surface area contributed by atoms with Crippen LogP contribution in [0, 0.1) is 0 Å². The molecule has 1 aromatic carbocycles. The number of hydrogen-bond donors (Lipinski definition) is 0. The van der Waals surface area contributed by atoms with Crippen LogP contribution in [-0.2, 0) is 5.60 Å². The second-order valence-corrected chi connectivity index (χ2v) is 3.27. The lowest BCUT2D eigenvalue weighted by molar-refractivity contribution is -0.380. The topological polar surface area (TPSA) is 9.23 Å². The monoisotopic (exact) mass is 242 g/mol. The second kappa shape index (κ2) is 2.83. The summed E-state index contributed by atoms with van der Waals surface area (Å²) in [6.07, 6.45) is -11.1. The summed E-state index contributed by atoms with van der Waals surface area (Å²) >= 11 is 0. The number of rotatable bonds is 0. The molecule has 0 spiro atoms. The zero-order chi connectivity index (χ0) is 12.2. The predicted molar refractivity (Wildman–Crippen MR) is 40.9 cm³/mol. The van der Waals surface area contributed by atoms with Crippen molar-refractivity contribution < 1.29 is 31.1 Å². The van der Waals surface area contributed by atoms with E-state index in [-0.39, 0.29) is 0 Å². The number of fused-ring (bicyclic) bond motifs is 1. The van der Waals surface area contributed by atoms with Crippen LogP contribution in [-0.4, -0.2) is 12.4 Å². The van der Waals surface area contributed by atoms with Crippen LogP contribution in [0.1, 0.15) is 5.56 Å². The quantitative estimate of drug-likeness (QED) is 0.633. The van der Waals surface area contributed by atoms with Crippen molar-refractivity contribution in [1.82, 2.24) is 0 Å². The molecule has 0 atom stereocenters. The molecular formula is C9H4F6O. The molecule has 0 fully saturated rings. The first-order valence-corrected chi connectivity index (χ1v) is 4.12. The standard InChI is InChI=1S/C9H4F6O/c10-8(11,12)7(9(13,14)15)5-3-1-2-4-6(5)16-7/h1-4H. The fraction of sp³-hybridized carbons (Fsp3) is 0.333. The lowest BCUT2D eigenvalue weighted by Gasteiger charge is -2.45. The molecule has 1 heterocycles. The van der Waals surface area contributed by atoms with Crippen LogP contribution in [0.5, 0.6) is 5.75 Å². The Morgan fingerprint density at radius 3 is 1.81 bits per heavy atom. The molecule has 0 unspecified atom stereocenters. The molecule has 0 N–H and O–H groups in total. The van der Waals surface area contributed by atoms with Gasteiger partial charge >= 0.3 is 18.0 Å². The summed E-state index contributed by atoms with van der Waals surface area (Å²) in [5, 5.41) is 0. The highest BCUT2D eigenvalue weighted by Crippen LogP contribution is 2.60. The molecule has 1 nitrogen and oxygen atoms in total. The molecule has 1 aliphatic rings. The van der Waals surface area contributed by atoms with Gasteiger partial charge in [-0.05, 0) is 6.07 Å². The van der Waals surface area contributed by atoms with Crippen molar-refractivity contribution in [3.05, 3.63) is 29.8 Å². The fourth-order valence-electron chi connectivity index (χ4n) is 1.60. The van der Waals surface area contributed by atoms with Gasteiger partial charge in [0.25, 0.3) is 0 Å². The van der Waals surface area contributed by atoms with Crippen LogP contribution in [0.3, 0.4) is 0 Å². The maximum absolute atomic E-state index is 12.5. The zero-order valence-corrected chi connectivity index (χ0v) is 7.49. The summed E-state index contributed by atoms with van der Waals surface area (Å²) in [5.74, 6) is -0.392. The van der Waals surface area contributed by atoms with Gasteiger partial charge in [-0.15, -0.1) is 0 Å². The minimum atomic E-state index is -5.53. The summed E-state index contributed by atoms with van der Waals surface area (Å²) in [4.78, 5) is 0. The Bertz CT molecular complexity index is 405. The number of ether oxygens (including phenoxy) is 1. The number of benzene rings is 1. The van der Waals surface area contributed by atoms with Gasteiger partial charge in [0.1, 0.15) is 5.75 Å². The van der Waals surface area contributed by atoms with Crippen molar-refractivity contribution in [3.63, 3.8) is 0 Å². The van der Waals surface area contributed by atoms with Gasteiger partial charge in [-0.3, -0.25) is 0 Å². The number of para-hydroxylation sites is 1. The van der Waals surface area contributed by atoms with E-state index in [1.54, 1.807) is 0 Å². The molecule has 0 saturated heterocycles.